The minimum atomic E-state index is 0.222. The summed E-state index contributed by atoms with van der Waals surface area (Å²) in [6.07, 6.45) is 11.0. The van der Waals surface area contributed by atoms with Crippen LogP contribution in [0.1, 0.15) is 51.4 Å². The largest absolute Gasteiger partial charge is 0.353 e. The zero-order valence-corrected chi connectivity index (χ0v) is 12.2. The quantitative estimate of drug-likeness (QED) is 0.827. The van der Waals surface area contributed by atoms with E-state index in [2.05, 4.69) is 11.6 Å². The van der Waals surface area contributed by atoms with Crippen LogP contribution in [-0.4, -0.2) is 29.5 Å². The fraction of sp³-hybridized carbons (Fsp3) is 0.929. The molecular weight excluding hydrogens is 244 g/mol. The number of hydrogen-bond acceptors (Lipinski definition) is 3. The van der Waals surface area contributed by atoms with Gasteiger partial charge in [0.1, 0.15) is 0 Å². The second kappa shape index (κ2) is 6.80. The highest BCUT2D eigenvalue weighted by Gasteiger charge is 2.28. The van der Waals surface area contributed by atoms with E-state index in [1.54, 1.807) is 0 Å². The molecule has 0 saturated heterocycles. The molecule has 0 aliphatic heterocycles. The predicted molar refractivity (Wildman–Crippen MR) is 77.6 cm³/mol. The maximum absolute atomic E-state index is 12.2. The molecule has 0 spiro atoms. The van der Waals surface area contributed by atoms with Crippen molar-refractivity contribution in [3.05, 3.63) is 0 Å². The molecule has 0 aromatic rings. The van der Waals surface area contributed by atoms with Crippen LogP contribution in [0, 0.1) is 5.92 Å². The van der Waals surface area contributed by atoms with Gasteiger partial charge in [-0.3, -0.25) is 4.79 Å². The van der Waals surface area contributed by atoms with E-state index in [1.807, 2.05) is 11.8 Å². The van der Waals surface area contributed by atoms with Crippen molar-refractivity contribution in [1.29, 1.82) is 0 Å². The standard InChI is InChI=1S/C14H26N2OS/c1-18-13-4-2-3-12(9-13)16-14(17)10-5-7-11(15)8-6-10/h10-13H,2-9,15H2,1H3,(H,16,17). The lowest BCUT2D eigenvalue weighted by Gasteiger charge is -2.31. The van der Waals surface area contributed by atoms with Gasteiger partial charge in [0.15, 0.2) is 0 Å². The fourth-order valence-corrected chi connectivity index (χ4v) is 4.02. The van der Waals surface area contributed by atoms with Gasteiger partial charge in [0, 0.05) is 23.3 Å². The highest BCUT2D eigenvalue weighted by molar-refractivity contribution is 7.99. The summed E-state index contributed by atoms with van der Waals surface area (Å²) < 4.78 is 0. The summed E-state index contributed by atoms with van der Waals surface area (Å²) >= 11 is 1.94. The molecule has 2 saturated carbocycles. The van der Waals surface area contributed by atoms with Crippen LogP contribution in [0.2, 0.25) is 0 Å². The number of carbonyl (C=O) groups is 1. The minimum Gasteiger partial charge on any atom is -0.353 e. The van der Waals surface area contributed by atoms with Crippen LogP contribution in [-0.2, 0) is 4.79 Å². The van der Waals surface area contributed by atoms with Crippen LogP contribution in [0.4, 0.5) is 0 Å². The Labute approximate surface area is 115 Å². The monoisotopic (exact) mass is 270 g/mol. The first-order valence-corrected chi connectivity index (χ1v) is 8.56. The number of rotatable bonds is 3. The Hall–Kier alpha value is -0.220. The van der Waals surface area contributed by atoms with Gasteiger partial charge in [-0.25, -0.2) is 0 Å². The third-order valence-corrected chi connectivity index (χ3v) is 5.54. The van der Waals surface area contributed by atoms with E-state index in [4.69, 9.17) is 5.73 Å². The van der Waals surface area contributed by atoms with Gasteiger partial charge in [-0.2, -0.15) is 11.8 Å². The third kappa shape index (κ3) is 3.89. The second-order valence-electron chi connectivity index (χ2n) is 5.84. The van der Waals surface area contributed by atoms with Crippen molar-refractivity contribution >= 4 is 17.7 Å². The Morgan fingerprint density at radius 1 is 1.17 bits per heavy atom. The number of amides is 1. The second-order valence-corrected chi connectivity index (χ2v) is 6.98. The number of nitrogens with one attached hydrogen (secondary N) is 1. The van der Waals surface area contributed by atoms with Crippen LogP contribution in [0.15, 0.2) is 0 Å². The molecule has 0 radical (unpaired) electrons. The van der Waals surface area contributed by atoms with E-state index in [1.165, 1.54) is 12.8 Å². The van der Waals surface area contributed by atoms with Crippen LogP contribution < -0.4 is 11.1 Å². The Morgan fingerprint density at radius 2 is 1.89 bits per heavy atom. The van der Waals surface area contributed by atoms with Crippen LogP contribution >= 0.6 is 11.8 Å². The zero-order valence-electron chi connectivity index (χ0n) is 11.4. The molecule has 18 heavy (non-hydrogen) atoms. The molecule has 2 aliphatic carbocycles. The molecule has 3 N–H and O–H groups in total. The van der Waals surface area contributed by atoms with Crippen molar-refractivity contribution in [1.82, 2.24) is 5.32 Å². The Bertz CT molecular complexity index is 277. The number of nitrogens with two attached hydrogens (primary N) is 1. The predicted octanol–water partition coefficient (Wildman–Crippen LogP) is 2.29. The summed E-state index contributed by atoms with van der Waals surface area (Å²) in [4.78, 5) is 12.2. The highest BCUT2D eigenvalue weighted by Crippen LogP contribution is 2.28. The smallest absolute Gasteiger partial charge is 0.223 e. The lowest BCUT2D eigenvalue weighted by molar-refractivity contribution is -0.126. The number of hydrogen-bond donors (Lipinski definition) is 2. The molecule has 2 unspecified atom stereocenters. The van der Waals surface area contributed by atoms with Crippen molar-refractivity contribution in [2.75, 3.05) is 6.26 Å². The van der Waals surface area contributed by atoms with Gasteiger partial charge in [0.05, 0.1) is 0 Å². The maximum Gasteiger partial charge on any atom is 0.223 e. The molecule has 0 bridgehead atoms. The lowest BCUT2D eigenvalue weighted by atomic mass is 9.85. The summed E-state index contributed by atoms with van der Waals surface area (Å²) in [6, 6.07) is 0.740. The Kier molecular flexibility index (Phi) is 5.37. The van der Waals surface area contributed by atoms with Crippen molar-refractivity contribution < 1.29 is 4.79 Å². The van der Waals surface area contributed by atoms with Gasteiger partial charge in [-0.15, -0.1) is 0 Å². The molecule has 0 aromatic heterocycles. The summed E-state index contributed by atoms with van der Waals surface area (Å²) in [6.45, 7) is 0. The fourth-order valence-electron chi connectivity index (χ4n) is 3.19. The molecule has 2 rings (SSSR count). The first-order chi connectivity index (χ1) is 8.69. The Morgan fingerprint density at radius 3 is 2.56 bits per heavy atom. The van der Waals surface area contributed by atoms with Crippen molar-refractivity contribution in [2.24, 2.45) is 11.7 Å². The first-order valence-electron chi connectivity index (χ1n) is 7.27. The van der Waals surface area contributed by atoms with E-state index in [0.717, 1.165) is 43.8 Å². The number of thioether (sulfide) groups is 1. The molecule has 0 aromatic carbocycles. The highest BCUT2D eigenvalue weighted by atomic mass is 32.2. The average Bonchev–Trinajstić information content (AvgIpc) is 2.39. The van der Waals surface area contributed by atoms with E-state index in [9.17, 15) is 4.79 Å². The molecule has 104 valence electrons. The molecule has 2 atom stereocenters. The van der Waals surface area contributed by atoms with Gasteiger partial charge < -0.3 is 11.1 Å². The SMILES string of the molecule is CSC1CCCC(NC(=O)C2CCC(N)CC2)C1. The Balaban J connectivity index is 1.76. The summed E-state index contributed by atoms with van der Waals surface area (Å²) in [5.41, 5.74) is 5.88. The molecule has 2 fully saturated rings. The van der Waals surface area contributed by atoms with Gasteiger partial charge in [0.25, 0.3) is 0 Å². The normalized spacial score (nSPS) is 37.2. The molecule has 1 amide bonds. The average molecular weight is 270 g/mol. The van der Waals surface area contributed by atoms with E-state index >= 15 is 0 Å². The van der Waals surface area contributed by atoms with Crippen LogP contribution in [0.5, 0.6) is 0 Å². The van der Waals surface area contributed by atoms with E-state index in [0.29, 0.717) is 12.1 Å². The van der Waals surface area contributed by atoms with Crippen molar-refractivity contribution in [3.63, 3.8) is 0 Å². The van der Waals surface area contributed by atoms with Gasteiger partial charge in [-0.05, 0) is 51.2 Å². The minimum absolute atomic E-state index is 0.222. The molecule has 0 heterocycles. The lowest BCUT2D eigenvalue weighted by Crippen LogP contribution is -2.43. The molecule has 3 nitrogen and oxygen atoms in total. The van der Waals surface area contributed by atoms with Crippen molar-refractivity contribution in [2.45, 2.75) is 68.7 Å². The van der Waals surface area contributed by atoms with Gasteiger partial charge >= 0.3 is 0 Å². The summed E-state index contributed by atoms with van der Waals surface area (Å²) in [7, 11) is 0. The van der Waals surface area contributed by atoms with Crippen LogP contribution in [0.3, 0.4) is 0 Å². The van der Waals surface area contributed by atoms with Gasteiger partial charge in [-0.1, -0.05) is 6.42 Å². The maximum atomic E-state index is 12.2. The summed E-state index contributed by atoms with van der Waals surface area (Å²) in [5, 5.41) is 4.01. The zero-order chi connectivity index (χ0) is 13.0. The molecule has 2 aliphatic rings. The van der Waals surface area contributed by atoms with E-state index < -0.39 is 0 Å². The number of carbonyl (C=O) groups excluding carboxylic acids is 1. The van der Waals surface area contributed by atoms with E-state index in [-0.39, 0.29) is 11.8 Å². The first kappa shape index (κ1) is 14.2. The van der Waals surface area contributed by atoms with Crippen molar-refractivity contribution in [3.8, 4) is 0 Å². The molecule has 4 heteroatoms. The molecular formula is C14H26N2OS. The van der Waals surface area contributed by atoms with Crippen LogP contribution in [0.25, 0.3) is 0 Å². The summed E-state index contributed by atoms with van der Waals surface area (Å²) in [5.74, 6) is 0.508. The topological polar surface area (TPSA) is 55.1 Å². The van der Waals surface area contributed by atoms with Gasteiger partial charge in [0.2, 0.25) is 5.91 Å². The third-order valence-electron chi connectivity index (χ3n) is 4.45.